The molecule has 2 nitrogen and oxygen atoms in total. The molecule has 1 heterocycles. The largest absolute Gasteiger partial charge is 0.433 e. The number of aromatic nitrogens is 2. The van der Waals surface area contributed by atoms with Crippen molar-refractivity contribution >= 4 is 0 Å². The average Bonchev–Trinajstić information content (AvgIpc) is 2.66. The summed E-state index contributed by atoms with van der Waals surface area (Å²) in [6, 6.07) is 6.76. The van der Waals surface area contributed by atoms with E-state index in [1.807, 2.05) is 6.92 Å². The molecule has 0 aliphatic carbocycles. The zero-order chi connectivity index (χ0) is 11.8. The number of alkyl halides is 3. The number of hydrogen-bond acceptors (Lipinski definition) is 1. The second kappa shape index (κ2) is 3.66. The Hall–Kier alpha value is -1.78. The maximum absolute atomic E-state index is 12.6. The number of H-pyrrole nitrogens is 1. The highest BCUT2D eigenvalue weighted by molar-refractivity contribution is 5.62. The summed E-state index contributed by atoms with van der Waals surface area (Å²) in [7, 11) is 0. The Morgan fingerprint density at radius 1 is 1.12 bits per heavy atom. The van der Waals surface area contributed by atoms with Gasteiger partial charge in [-0.3, -0.25) is 0 Å². The van der Waals surface area contributed by atoms with Crippen molar-refractivity contribution in [3.05, 3.63) is 41.9 Å². The van der Waals surface area contributed by atoms with E-state index in [0.29, 0.717) is 5.56 Å². The summed E-state index contributed by atoms with van der Waals surface area (Å²) in [4.78, 5) is 5.83. The maximum Gasteiger partial charge on any atom is 0.433 e. The lowest BCUT2D eigenvalue weighted by Gasteiger charge is -2.06. The number of hydrogen-bond donors (Lipinski definition) is 1. The fourth-order valence-electron chi connectivity index (χ4n) is 1.44. The van der Waals surface area contributed by atoms with Crippen molar-refractivity contribution in [1.29, 1.82) is 0 Å². The lowest BCUT2D eigenvalue weighted by molar-refractivity contribution is -0.140. The third-order valence-electron chi connectivity index (χ3n) is 2.25. The predicted molar refractivity (Wildman–Crippen MR) is 53.8 cm³/mol. The lowest BCUT2D eigenvalue weighted by Crippen LogP contribution is -2.07. The summed E-state index contributed by atoms with van der Waals surface area (Å²) in [5.74, 6) is 0. The van der Waals surface area contributed by atoms with Crippen LogP contribution in [0.2, 0.25) is 0 Å². The molecule has 2 aromatic rings. The Balaban J connectivity index is 2.49. The van der Waals surface area contributed by atoms with Gasteiger partial charge in [0.1, 0.15) is 11.4 Å². The van der Waals surface area contributed by atoms with E-state index in [1.54, 1.807) is 24.3 Å². The number of aromatic amines is 1. The molecule has 0 atom stereocenters. The molecule has 2 rings (SSSR count). The van der Waals surface area contributed by atoms with Gasteiger partial charge in [0, 0.05) is 5.56 Å². The molecule has 0 spiro atoms. The molecule has 84 valence electrons. The molecule has 0 radical (unpaired) electrons. The van der Waals surface area contributed by atoms with Crippen LogP contribution in [0.5, 0.6) is 0 Å². The van der Waals surface area contributed by atoms with Gasteiger partial charge < -0.3 is 4.98 Å². The van der Waals surface area contributed by atoms with Crippen LogP contribution in [0.3, 0.4) is 0 Å². The van der Waals surface area contributed by atoms with Crippen molar-refractivity contribution in [2.45, 2.75) is 13.1 Å². The first-order chi connectivity index (χ1) is 7.48. The summed E-state index contributed by atoms with van der Waals surface area (Å²) in [5.41, 5.74) is 0.580. The molecule has 1 aromatic heterocycles. The zero-order valence-electron chi connectivity index (χ0n) is 8.47. The molecule has 1 aromatic carbocycles. The standard InChI is InChI=1S/C11H9F3N2/c1-7-2-4-8(5-3-7)9-10(11(12,13)14)16-6-15-9/h2-6H,1H3,(H,15,16). The molecule has 0 saturated carbocycles. The van der Waals surface area contributed by atoms with Gasteiger partial charge in [-0.15, -0.1) is 0 Å². The second-order valence-electron chi connectivity index (χ2n) is 3.49. The fraction of sp³-hybridized carbons (Fsp3) is 0.182. The maximum atomic E-state index is 12.6. The molecule has 0 saturated heterocycles. The highest BCUT2D eigenvalue weighted by Crippen LogP contribution is 2.34. The summed E-state index contributed by atoms with van der Waals surface area (Å²) in [6.45, 7) is 1.87. The number of imidazole rings is 1. The quantitative estimate of drug-likeness (QED) is 0.793. The van der Waals surface area contributed by atoms with Crippen LogP contribution in [0.25, 0.3) is 11.3 Å². The van der Waals surface area contributed by atoms with Gasteiger partial charge in [-0.25, -0.2) is 4.98 Å². The van der Waals surface area contributed by atoms with Crippen molar-refractivity contribution in [3.63, 3.8) is 0 Å². The first kappa shape index (κ1) is 10.7. The van der Waals surface area contributed by atoms with Crippen LogP contribution in [0.15, 0.2) is 30.6 Å². The molecular formula is C11H9F3N2. The van der Waals surface area contributed by atoms with Crippen LogP contribution in [0.1, 0.15) is 11.3 Å². The Kier molecular flexibility index (Phi) is 2.46. The van der Waals surface area contributed by atoms with E-state index >= 15 is 0 Å². The van der Waals surface area contributed by atoms with Crippen molar-refractivity contribution < 1.29 is 13.2 Å². The van der Waals surface area contributed by atoms with Gasteiger partial charge in [-0.1, -0.05) is 29.8 Å². The fourth-order valence-corrected chi connectivity index (χ4v) is 1.44. The van der Waals surface area contributed by atoms with E-state index in [9.17, 15) is 13.2 Å². The molecule has 0 amide bonds. The normalized spacial score (nSPS) is 11.8. The SMILES string of the molecule is Cc1ccc(-c2nc[nH]c2C(F)(F)F)cc1. The minimum Gasteiger partial charge on any atom is -0.341 e. The van der Waals surface area contributed by atoms with Gasteiger partial charge in [-0.2, -0.15) is 13.2 Å². The van der Waals surface area contributed by atoms with Crippen molar-refractivity contribution in [1.82, 2.24) is 9.97 Å². The van der Waals surface area contributed by atoms with Gasteiger partial charge in [0.05, 0.1) is 6.33 Å². The Labute approximate surface area is 90.1 Å². The minimum absolute atomic E-state index is 0.0625. The van der Waals surface area contributed by atoms with E-state index in [-0.39, 0.29) is 5.69 Å². The summed E-state index contributed by atoms with van der Waals surface area (Å²) >= 11 is 0. The summed E-state index contributed by atoms with van der Waals surface area (Å²) in [5, 5.41) is 0. The molecule has 0 aliphatic rings. The molecule has 0 aliphatic heterocycles. The van der Waals surface area contributed by atoms with Gasteiger partial charge >= 0.3 is 6.18 Å². The van der Waals surface area contributed by atoms with E-state index in [1.165, 1.54) is 0 Å². The monoisotopic (exact) mass is 226 g/mol. The minimum atomic E-state index is -4.41. The third kappa shape index (κ3) is 1.93. The number of benzene rings is 1. The zero-order valence-corrected chi connectivity index (χ0v) is 8.47. The van der Waals surface area contributed by atoms with Crippen molar-refractivity contribution in [3.8, 4) is 11.3 Å². The van der Waals surface area contributed by atoms with E-state index in [4.69, 9.17) is 0 Å². The Bertz CT molecular complexity index is 483. The van der Waals surface area contributed by atoms with Crippen LogP contribution in [0.4, 0.5) is 13.2 Å². The van der Waals surface area contributed by atoms with Gasteiger partial charge in [0.15, 0.2) is 0 Å². The number of rotatable bonds is 1. The van der Waals surface area contributed by atoms with Gasteiger partial charge in [0.25, 0.3) is 0 Å². The van der Waals surface area contributed by atoms with E-state index in [0.717, 1.165) is 11.9 Å². The number of nitrogens with zero attached hydrogens (tertiary/aromatic N) is 1. The van der Waals surface area contributed by atoms with Crippen molar-refractivity contribution in [2.24, 2.45) is 0 Å². The molecular weight excluding hydrogens is 217 g/mol. The predicted octanol–water partition coefficient (Wildman–Crippen LogP) is 3.40. The number of nitrogens with one attached hydrogen (secondary N) is 1. The topological polar surface area (TPSA) is 28.7 Å². The highest BCUT2D eigenvalue weighted by atomic mass is 19.4. The van der Waals surface area contributed by atoms with E-state index < -0.39 is 11.9 Å². The highest BCUT2D eigenvalue weighted by Gasteiger charge is 2.35. The average molecular weight is 226 g/mol. The Morgan fingerprint density at radius 3 is 2.31 bits per heavy atom. The molecule has 0 bridgehead atoms. The van der Waals surface area contributed by atoms with Crippen molar-refractivity contribution in [2.75, 3.05) is 0 Å². The molecule has 16 heavy (non-hydrogen) atoms. The van der Waals surface area contributed by atoms with Crippen LogP contribution < -0.4 is 0 Å². The molecule has 0 unspecified atom stereocenters. The molecule has 0 fully saturated rings. The summed E-state index contributed by atoms with van der Waals surface area (Å²) in [6.07, 6.45) is -3.35. The Morgan fingerprint density at radius 2 is 1.75 bits per heavy atom. The van der Waals surface area contributed by atoms with Gasteiger partial charge in [-0.05, 0) is 6.92 Å². The number of aryl methyl sites for hydroxylation is 1. The van der Waals surface area contributed by atoms with Crippen LogP contribution in [-0.4, -0.2) is 9.97 Å². The van der Waals surface area contributed by atoms with E-state index in [2.05, 4.69) is 9.97 Å². The second-order valence-corrected chi connectivity index (χ2v) is 3.49. The third-order valence-corrected chi connectivity index (χ3v) is 2.25. The van der Waals surface area contributed by atoms with Crippen LogP contribution in [-0.2, 0) is 6.18 Å². The molecule has 5 heteroatoms. The van der Waals surface area contributed by atoms with Crippen LogP contribution >= 0.6 is 0 Å². The first-order valence-electron chi connectivity index (χ1n) is 4.66. The smallest absolute Gasteiger partial charge is 0.341 e. The first-order valence-corrected chi connectivity index (χ1v) is 4.66. The van der Waals surface area contributed by atoms with Gasteiger partial charge in [0.2, 0.25) is 0 Å². The van der Waals surface area contributed by atoms with Crippen LogP contribution in [0, 0.1) is 6.92 Å². The number of halogens is 3. The molecule has 1 N–H and O–H groups in total. The summed E-state index contributed by atoms with van der Waals surface area (Å²) < 4.78 is 37.7. The lowest BCUT2D eigenvalue weighted by atomic mass is 10.1.